The molecule has 0 bridgehead atoms. The number of hydrogen-bond donors (Lipinski definition) is 8. The van der Waals surface area contributed by atoms with Crippen molar-refractivity contribution < 1.29 is 50.2 Å². The lowest BCUT2D eigenvalue weighted by Gasteiger charge is -2.20. The topological polar surface area (TPSA) is 302 Å². The maximum Gasteiger partial charge on any atom is 0.336 e. The molecule has 3 rings (SSSR count). The van der Waals surface area contributed by atoms with Crippen LogP contribution >= 0.6 is 0 Å². The van der Waals surface area contributed by atoms with Crippen LogP contribution in [0.1, 0.15) is 63.5 Å². The average molecular weight is 739 g/mol. The Balaban J connectivity index is 0.00000109. The van der Waals surface area contributed by atoms with E-state index in [1.54, 1.807) is 30.3 Å². The van der Waals surface area contributed by atoms with E-state index in [1.165, 1.54) is 31.4 Å². The number of ether oxygens (including phenoxy) is 1. The van der Waals surface area contributed by atoms with Crippen molar-refractivity contribution in [3.05, 3.63) is 77.0 Å². The smallest absolute Gasteiger partial charge is 0.336 e. The number of rotatable bonds is 12. The number of amidine groups is 1. The van der Waals surface area contributed by atoms with Crippen molar-refractivity contribution in [3.8, 4) is 17.0 Å². The highest BCUT2D eigenvalue weighted by Gasteiger charge is 2.23. The van der Waals surface area contributed by atoms with Crippen molar-refractivity contribution in [2.75, 3.05) is 31.5 Å². The predicted molar refractivity (Wildman–Crippen MR) is 188 cm³/mol. The van der Waals surface area contributed by atoms with Crippen LogP contribution in [0.3, 0.4) is 0 Å². The van der Waals surface area contributed by atoms with Gasteiger partial charge in [0, 0.05) is 34.5 Å². The molecule has 17 nitrogen and oxygen atoms in total. The number of nitrogen functional groups attached to an aromatic ring is 1. The van der Waals surface area contributed by atoms with Gasteiger partial charge in [0.15, 0.2) is 0 Å². The second kappa shape index (κ2) is 19.3. The van der Waals surface area contributed by atoms with Crippen molar-refractivity contribution in [2.45, 2.75) is 32.7 Å². The van der Waals surface area contributed by atoms with Gasteiger partial charge in [-0.3, -0.25) is 24.1 Å². The molecule has 10 N–H and O–H groups in total. The van der Waals surface area contributed by atoms with Crippen LogP contribution in [-0.4, -0.2) is 91.9 Å². The second-order valence-corrected chi connectivity index (χ2v) is 14.0. The van der Waals surface area contributed by atoms with E-state index in [-0.39, 0.29) is 45.7 Å². The Morgan fingerprint density at radius 1 is 0.900 bits per heavy atom. The molecule has 274 valence electrons. The number of anilines is 1. The molecular formula is C31H42N6O11S2. The largest absolute Gasteiger partial charge is 0.481 e. The molecule has 1 heterocycles. The molecule has 0 saturated carbocycles. The van der Waals surface area contributed by atoms with Gasteiger partial charge in [0.25, 0.3) is 32.1 Å². The molecule has 2 aromatic carbocycles. The summed E-state index contributed by atoms with van der Waals surface area (Å²) in [4.78, 5) is 42.9. The molecule has 0 aliphatic rings. The SMILES string of the molecule is COc1ccc(-c2ccc(C(=O)NC(CCN)CC(C)C)cc2C(=O)O)c(C(=O)Nc2ccc(C(=N)N)cc2)n1.CS(=O)(=O)O.CS(=O)(=O)O. The molecule has 2 amide bonds. The van der Waals surface area contributed by atoms with Gasteiger partial charge in [-0.25, -0.2) is 9.78 Å². The molecule has 0 saturated heterocycles. The van der Waals surface area contributed by atoms with Gasteiger partial charge in [-0.2, -0.15) is 16.8 Å². The van der Waals surface area contributed by atoms with E-state index in [0.717, 1.165) is 6.42 Å². The van der Waals surface area contributed by atoms with Crippen LogP contribution < -0.4 is 26.8 Å². The first kappa shape index (κ1) is 43.1. The number of methoxy groups -OCH3 is 1. The van der Waals surface area contributed by atoms with E-state index in [2.05, 4.69) is 15.6 Å². The Morgan fingerprint density at radius 3 is 1.88 bits per heavy atom. The third-order valence-electron chi connectivity index (χ3n) is 6.16. The molecule has 0 aliphatic heterocycles. The number of hydrogen-bond acceptors (Lipinski definition) is 11. The zero-order chi connectivity index (χ0) is 38.4. The number of carbonyl (C=O) groups is 3. The molecular weight excluding hydrogens is 697 g/mol. The molecule has 50 heavy (non-hydrogen) atoms. The minimum Gasteiger partial charge on any atom is -0.481 e. The monoisotopic (exact) mass is 738 g/mol. The van der Waals surface area contributed by atoms with Gasteiger partial charge in [0.1, 0.15) is 11.5 Å². The van der Waals surface area contributed by atoms with Crippen molar-refractivity contribution >= 4 is 49.5 Å². The fourth-order valence-electron chi connectivity index (χ4n) is 4.25. The molecule has 19 heteroatoms. The molecule has 1 unspecified atom stereocenters. The van der Waals surface area contributed by atoms with Crippen LogP contribution in [-0.2, 0) is 20.2 Å². The number of pyridine rings is 1. The second-order valence-electron chi connectivity index (χ2n) is 11.1. The lowest BCUT2D eigenvalue weighted by atomic mass is 9.95. The van der Waals surface area contributed by atoms with E-state index in [9.17, 15) is 36.3 Å². The highest BCUT2D eigenvalue weighted by molar-refractivity contribution is 7.85. The van der Waals surface area contributed by atoms with Gasteiger partial charge in [-0.15, -0.1) is 0 Å². The summed E-state index contributed by atoms with van der Waals surface area (Å²) in [7, 11) is -5.93. The molecule has 1 atom stereocenters. The van der Waals surface area contributed by atoms with E-state index in [0.29, 0.717) is 42.6 Å². The number of carbonyl (C=O) groups excluding carboxylic acids is 2. The first-order valence-corrected chi connectivity index (χ1v) is 18.3. The highest BCUT2D eigenvalue weighted by Crippen LogP contribution is 2.30. The predicted octanol–water partition coefficient (Wildman–Crippen LogP) is 2.49. The fraction of sp³-hybridized carbons (Fsp3) is 0.323. The molecule has 0 radical (unpaired) electrons. The fourth-order valence-corrected chi connectivity index (χ4v) is 4.25. The van der Waals surface area contributed by atoms with Crippen molar-refractivity contribution in [3.63, 3.8) is 0 Å². The summed E-state index contributed by atoms with van der Waals surface area (Å²) in [6, 6.07) is 13.5. The summed E-state index contributed by atoms with van der Waals surface area (Å²) in [5.41, 5.74) is 12.5. The number of carboxylic acids is 1. The first-order valence-electron chi connectivity index (χ1n) is 14.6. The lowest BCUT2D eigenvalue weighted by Crippen LogP contribution is -2.37. The summed E-state index contributed by atoms with van der Waals surface area (Å²) in [5, 5.41) is 23.2. The molecule has 1 aromatic heterocycles. The van der Waals surface area contributed by atoms with Crippen LogP contribution in [0.25, 0.3) is 11.1 Å². The Morgan fingerprint density at radius 2 is 1.42 bits per heavy atom. The van der Waals surface area contributed by atoms with Gasteiger partial charge >= 0.3 is 5.97 Å². The van der Waals surface area contributed by atoms with Crippen LogP contribution in [0.15, 0.2) is 54.6 Å². The summed E-state index contributed by atoms with van der Waals surface area (Å²) in [6.07, 6.45) is 2.77. The van der Waals surface area contributed by atoms with E-state index in [1.807, 2.05) is 13.8 Å². The lowest BCUT2D eigenvalue weighted by molar-refractivity contribution is 0.0697. The number of carboxylic acid groups (broad SMARTS) is 1. The van der Waals surface area contributed by atoms with Gasteiger partial charge < -0.3 is 31.9 Å². The number of nitrogens with one attached hydrogen (secondary N) is 3. The quantitative estimate of drug-likeness (QED) is 0.0752. The van der Waals surface area contributed by atoms with Gasteiger partial charge in [0.2, 0.25) is 5.88 Å². The van der Waals surface area contributed by atoms with E-state index < -0.39 is 38.0 Å². The number of benzene rings is 2. The number of amides is 2. The average Bonchev–Trinajstić information content (AvgIpc) is 2.98. The van der Waals surface area contributed by atoms with Crippen molar-refractivity contribution in [1.29, 1.82) is 5.41 Å². The number of aromatic carboxylic acids is 1. The maximum atomic E-state index is 13.3. The third-order valence-corrected chi connectivity index (χ3v) is 6.16. The van der Waals surface area contributed by atoms with Crippen LogP contribution in [0.4, 0.5) is 5.69 Å². The summed E-state index contributed by atoms with van der Waals surface area (Å²) in [6.45, 7) is 4.50. The summed E-state index contributed by atoms with van der Waals surface area (Å²) < 4.78 is 56.9. The molecule has 3 aromatic rings. The van der Waals surface area contributed by atoms with Gasteiger partial charge in [-0.1, -0.05) is 19.9 Å². The Kier molecular flexibility index (Phi) is 16.6. The standard InChI is InChI=1S/C29H34N6O5.2CH4O3S/c1-16(2)14-20(12-13-30)34-27(36)18-6-9-21(23(15-18)29(38)39)22-10-11-24(40-3)35-25(22)28(37)33-19-7-4-17(5-8-19)26(31)32;2*1-5(2,3)4/h4-11,15-16,20H,12-14,30H2,1-3H3,(H3,31,32)(H,33,37)(H,34,36)(H,38,39);2*1H3,(H,2,3,4). The number of nitrogens with two attached hydrogens (primary N) is 2. The third kappa shape index (κ3) is 16.4. The zero-order valence-corrected chi connectivity index (χ0v) is 29.6. The van der Waals surface area contributed by atoms with Gasteiger partial charge in [-0.05, 0) is 73.3 Å². The van der Waals surface area contributed by atoms with Crippen LogP contribution in [0.2, 0.25) is 0 Å². The van der Waals surface area contributed by atoms with E-state index in [4.69, 9.17) is 30.7 Å². The number of nitrogens with zero attached hydrogens (tertiary/aromatic N) is 1. The zero-order valence-electron chi connectivity index (χ0n) is 28.0. The summed E-state index contributed by atoms with van der Waals surface area (Å²) in [5.74, 6) is -1.90. The van der Waals surface area contributed by atoms with Crippen molar-refractivity contribution in [1.82, 2.24) is 10.3 Å². The molecule has 0 spiro atoms. The Bertz CT molecular complexity index is 1840. The van der Waals surface area contributed by atoms with Gasteiger partial charge in [0.05, 0.1) is 25.2 Å². The van der Waals surface area contributed by atoms with Crippen LogP contribution in [0, 0.1) is 11.3 Å². The Labute approximate surface area is 290 Å². The highest BCUT2D eigenvalue weighted by atomic mass is 32.2. The molecule has 0 fully saturated rings. The first-order chi connectivity index (χ1) is 23.0. The molecule has 0 aliphatic carbocycles. The summed E-state index contributed by atoms with van der Waals surface area (Å²) >= 11 is 0. The normalized spacial score (nSPS) is 11.5. The minimum absolute atomic E-state index is 0.0744. The van der Waals surface area contributed by atoms with E-state index >= 15 is 0 Å². The minimum atomic E-state index is -3.67. The van der Waals surface area contributed by atoms with Crippen LogP contribution in [0.5, 0.6) is 5.88 Å². The Hall–Kier alpha value is -4.95. The maximum absolute atomic E-state index is 13.3. The van der Waals surface area contributed by atoms with Crippen molar-refractivity contribution in [2.24, 2.45) is 17.4 Å². The number of aromatic nitrogens is 1.